The number of esters is 3. The average molecular weight is 1070 g/mol. The molecule has 0 N–H and O–H groups in total. The number of hydrogen-bond acceptors (Lipinski definition) is 6. The van der Waals surface area contributed by atoms with E-state index in [1.807, 2.05) is 0 Å². The number of rotatable bonds is 57. The zero-order valence-electron chi connectivity index (χ0n) is 50.2. The van der Waals surface area contributed by atoms with Gasteiger partial charge < -0.3 is 14.2 Å². The van der Waals surface area contributed by atoms with Crippen molar-refractivity contribution < 1.29 is 28.6 Å². The summed E-state index contributed by atoms with van der Waals surface area (Å²) in [6.07, 6.45) is 89.0. The third-order valence-electron chi connectivity index (χ3n) is 13.4. The number of carbonyl (C=O) groups is 3. The largest absolute Gasteiger partial charge is 0.462 e. The maximum absolute atomic E-state index is 12.9. The molecule has 0 aromatic rings. The second-order valence-electron chi connectivity index (χ2n) is 20.9. The van der Waals surface area contributed by atoms with Crippen LogP contribution in [0, 0.1) is 0 Å². The van der Waals surface area contributed by atoms with Gasteiger partial charge in [-0.3, -0.25) is 14.4 Å². The highest BCUT2D eigenvalue weighted by Gasteiger charge is 2.19. The Hall–Kier alpha value is -4.19. The lowest BCUT2D eigenvalue weighted by Crippen LogP contribution is -2.30. The summed E-state index contributed by atoms with van der Waals surface area (Å²) in [6, 6.07) is 0. The molecule has 0 aromatic carbocycles. The van der Waals surface area contributed by atoms with Crippen molar-refractivity contribution in [2.45, 2.75) is 297 Å². The van der Waals surface area contributed by atoms with Crippen LogP contribution < -0.4 is 0 Å². The molecule has 0 spiro atoms. The fourth-order valence-corrected chi connectivity index (χ4v) is 8.69. The summed E-state index contributed by atoms with van der Waals surface area (Å²) in [4.78, 5) is 38.4. The van der Waals surface area contributed by atoms with Crippen molar-refractivity contribution >= 4 is 17.9 Å². The van der Waals surface area contributed by atoms with Gasteiger partial charge in [0.05, 0.1) is 0 Å². The van der Waals surface area contributed by atoms with Gasteiger partial charge in [0.2, 0.25) is 0 Å². The minimum absolute atomic E-state index is 0.0905. The molecule has 438 valence electrons. The van der Waals surface area contributed by atoms with Gasteiger partial charge in [-0.15, -0.1) is 0 Å². The van der Waals surface area contributed by atoms with Crippen LogP contribution in [0.4, 0.5) is 0 Å². The van der Waals surface area contributed by atoms with E-state index in [1.54, 1.807) is 0 Å². The number of carbonyl (C=O) groups excluding carboxylic acids is 3. The van der Waals surface area contributed by atoms with Crippen molar-refractivity contribution in [1.29, 1.82) is 0 Å². The van der Waals surface area contributed by atoms with Gasteiger partial charge in [-0.05, 0) is 128 Å². The third-order valence-corrected chi connectivity index (χ3v) is 13.4. The standard InChI is InChI=1S/C71H118O6/c1-4-7-10-13-16-19-22-25-28-31-33-34-35-36-38-40-43-46-49-52-55-58-61-64-70(73)76-67-68(66-75-69(72)63-60-57-54-51-48-45-42-39-30-27-24-21-18-15-12-9-6-3)77-71(74)65-62-59-56-53-50-47-44-41-37-32-29-26-23-20-17-14-11-8-5-2/h7,9-10,12,16-21,25-30,33-34,36,38,68H,4-6,8,11,13-15,22-24,31-32,35,37,39-67H2,1-3H3/b10-7-,12-9-,19-16-,20-17-,21-18-,28-25-,29-26-,30-27-,34-33-,38-36-. The maximum atomic E-state index is 12.9. The van der Waals surface area contributed by atoms with E-state index < -0.39 is 6.10 Å². The number of ether oxygens (including phenoxy) is 3. The first-order valence-electron chi connectivity index (χ1n) is 32.0. The second-order valence-corrected chi connectivity index (χ2v) is 20.9. The van der Waals surface area contributed by atoms with Gasteiger partial charge in [-0.25, -0.2) is 0 Å². The summed E-state index contributed by atoms with van der Waals surface area (Å²) in [6.45, 7) is 6.39. The first kappa shape index (κ1) is 72.8. The quantitative estimate of drug-likeness (QED) is 0.0261. The lowest BCUT2D eigenvalue weighted by atomic mass is 10.1. The second kappa shape index (κ2) is 64.3. The first-order valence-corrected chi connectivity index (χ1v) is 32.0. The molecule has 0 aromatic heterocycles. The molecule has 77 heavy (non-hydrogen) atoms. The Bertz CT molecular complexity index is 1600. The molecule has 6 nitrogen and oxygen atoms in total. The number of hydrogen-bond donors (Lipinski definition) is 0. The van der Waals surface area contributed by atoms with Crippen molar-refractivity contribution in [2.75, 3.05) is 13.2 Å². The van der Waals surface area contributed by atoms with Crippen LogP contribution in [0.1, 0.15) is 290 Å². The van der Waals surface area contributed by atoms with Gasteiger partial charge in [0.15, 0.2) is 6.10 Å². The molecule has 1 atom stereocenters. The van der Waals surface area contributed by atoms with Crippen LogP contribution in [-0.4, -0.2) is 37.2 Å². The molecular weight excluding hydrogens is 949 g/mol. The molecular formula is C71H118O6. The van der Waals surface area contributed by atoms with Crippen LogP contribution in [0.2, 0.25) is 0 Å². The lowest BCUT2D eigenvalue weighted by molar-refractivity contribution is -0.167. The lowest BCUT2D eigenvalue weighted by Gasteiger charge is -2.18. The van der Waals surface area contributed by atoms with E-state index in [0.717, 1.165) is 128 Å². The molecule has 0 aliphatic rings. The van der Waals surface area contributed by atoms with Gasteiger partial charge in [0, 0.05) is 19.3 Å². The Balaban J connectivity index is 4.43. The van der Waals surface area contributed by atoms with Crippen LogP contribution in [0.5, 0.6) is 0 Å². The van der Waals surface area contributed by atoms with E-state index in [4.69, 9.17) is 14.2 Å². The predicted molar refractivity (Wildman–Crippen MR) is 334 cm³/mol. The van der Waals surface area contributed by atoms with E-state index in [2.05, 4.69) is 142 Å². The van der Waals surface area contributed by atoms with Gasteiger partial charge >= 0.3 is 17.9 Å². The Morgan fingerprint density at radius 1 is 0.273 bits per heavy atom. The Labute approximate surface area is 475 Å². The summed E-state index contributed by atoms with van der Waals surface area (Å²) in [5.41, 5.74) is 0. The van der Waals surface area contributed by atoms with E-state index >= 15 is 0 Å². The third kappa shape index (κ3) is 62.5. The molecule has 0 aliphatic carbocycles. The molecule has 0 saturated carbocycles. The summed E-state index contributed by atoms with van der Waals surface area (Å²) in [7, 11) is 0. The van der Waals surface area contributed by atoms with Crippen molar-refractivity contribution in [3.63, 3.8) is 0 Å². The summed E-state index contributed by atoms with van der Waals surface area (Å²) in [5, 5.41) is 0. The van der Waals surface area contributed by atoms with Gasteiger partial charge in [-0.2, -0.15) is 0 Å². The number of unbranched alkanes of at least 4 members (excludes halogenated alkanes) is 26. The molecule has 0 amide bonds. The molecule has 1 unspecified atom stereocenters. The zero-order valence-corrected chi connectivity index (χ0v) is 50.2. The highest BCUT2D eigenvalue weighted by Crippen LogP contribution is 2.15. The topological polar surface area (TPSA) is 78.9 Å². The van der Waals surface area contributed by atoms with E-state index in [-0.39, 0.29) is 31.1 Å². The molecule has 0 heterocycles. The molecule has 0 bridgehead atoms. The summed E-state index contributed by atoms with van der Waals surface area (Å²) < 4.78 is 16.9. The molecule has 0 rings (SSSR count). The van der Waals surface area contributed by atoms with E-state index in [9.17, 15) is 14.4 Å². The molecule has 0 fully saturated rings. The van der Waals surface area contributed by atoms with Crippen LogP contribution in [0.25, 0.3) is 0 Å². The molecule has 0 aliphatic heterocycles. The maximum Gasteiger partial charge on any atom is 0.306 e. The van der Waals surface area contributed by atoms with Crippen molar-refractivity contribution in [2.24, 2.45) is 0 Å². The Morgan fingerprint density at radius 3 is 0.792 bits per heavy atom. The van der Waals surface area contributed by atoms with Crippen molar-refractivity contribution in [1.82, 2.24) is 0 Å². The van der Waals surface area contributed by atoms with E-state index in [0.29, 0.717) is 19.3 Å². The minimum Gasteiger partial charge on any atom is -0.462 e. The smallest absolute Gasteiger partial charge is 0.306 e. The van der Waals surface area contributed by atoms with Gasteiger partial charge in [-0.1, -0.05) is 264 Å². The van der Waals surface area contributed by atoms with Crippen LogP contribution >= 0.6 is 0 Å². The van der Waals surface area contributed by atoms with E-state index in [1.165, 1.54) is 122 Å². The Kier molecular flexibility index (Phi) is 60.8. The monoisotopic (exact) mass is 1070 g/mol. The predicted octanol–water partition coefficient (Wildman–Crippen LogP) is 22.0. The first-order chi connectivity index (χ1) is 38.0. The van der Waals surface area contributed by atoms with Crippen molar-refractivity contribution in [3.8, 4) is 0 Å². The normalized spacial score (nSPS) is 12.9. The average Bonchev–Trinajstić information content (AvgIpc) is 3.43. The Morgan fingerprint density at radius 2 is 0.506 bits per heavy atom. The SMILES string of the molecule is CC/C=C\C/C=C\C/C=C\C/C=C\C/C=C\CCCCCCCCCC(=O)OCC(COC(=O)CCCCCCCCC/C=C\C/C=C\C/C=C\CC)OC(=O)CCCCCCCCCCC/C=C\C/C=C\CCCCC. The molecule has 0 radical (unpaired) electrons. The highest BCUT2D eigenvalue weighted by molar-refractivity contribution is 5.71. The van der Waals surface area contributed by atoms with Gasteiger partial charge in [0.25, 0.3) is 0 Å². The van der Waals surface area contributed by atoms with Crippen LogP contribution in [0.15, 0.2) is 122 Å². The summed E-state index contributed by atoms with van der Waals surface area (Å²) in [5.74, 6) is -0.909. The summed E-state index contributed by atoms with van der Waals surface area (Å²) >= 11 is 0. The zero-order chi connectivity index (χ0) is 55.7. The van der Waals surface area contributed by atoms with Crippen LogP contribution in [-0.2, 0) is 28.6 Å². The van der Waals surface area contributed by atoms with Crippen LogP contribution in [0.3, 0.4) is 0 Å². The van der Waals surface area contributed by atoms with Gasteiger partial charge in [0.1, 0.15) is 13.2 Å². The highest BCUT2D eigenvalue weighted by atomic mass is 16.6. The number of allylic oxidation sites excluding steroid dienone is 20. The molecule has 6 heteroatoms. The van der Waals surface area contributed by atoms with Crippen molar-refractivity contribution in [3.05, 3.63) is 122 Å². The fraction of sp³-hybridized carbons (Fsp3) is 0.676. The fourth-order valence-electron chi connectivity index (χ4n) is 8.69. The minimum atomic E-state index is -0.794. The molecule has 0 saturated heterocycles.